The molecule has 134 valence electrons. The molecule has 0 aliphatic heterocycles. The lowest BCUT2D eigenvalue weighted by Crippen LogP contribution is -3.09. The Bertz CT molecular complexity index is 842. The summed E-state index contributed by atoms with van der Waals surface area (Å²) < 4.78 is 0. The van der Waals surface area contributed by atoms with E-state index < -0.39 is 0 Å². The maximum atomic E-state index is 6.55. The van der Waals surface area contributed by atoms with Crippen LogP contribution in [0.3, 0.4) is 0 Å². The van der Waals surface area contributed by atoms with Gasteiger partial charge in [0.2, 0.25) is 0 Å². The first-order chi connectivity index (χ1) is 12.5. The largest absolute Gasteiger partial charge is 0.378 e. The van der Waals surface area contributed by atoms with Gasteiger partial charge >= 0.3 is 0 Å². The molecule has 2 aromatic rings. The number of benzene rings is 2. The average molecular weight is 366 g/mol. The highest BCUT2D eigenvalue weighted by Gasteiger charge is 2.16. The fraction of sp³-hybridized carbons (Fsp3) is 0.217. The maximum Gasteiger partial charge on any atom is 0.125 e. The third-order valence-electron chi connectivity index (χ3n) is 4.74. The number of hydrogen-bond donors (Lipinski definition) is 1. The van der Waals surface area contributed by atoms with Gasteiger partial charge in [0.25, 0.3) is 0 Å². The Morgan fingerprint density at radius 2 is 1.54 bits per heavy atom. The van der Waals surface area contributed by atoms with Gasteiger partial charge in [0.15, 0.2) is 0 Å². The molecule has 0 saturated heterocycles. The predicted octanol–water partition coefficient (Wildman–Crippen LogP) is 3.85. The molecule has 1 aliphatic carbocycles. The van der Waals surface area contributed by atoms with E-state index in [0.717, 1.165) is 10.6 Å². The normalized spacial score (nSPS) is 16.2. The van der Waals surface area contributed by atoms with Gasteiger partial charge in [0, 0.05) is 30.4 Å². The second-order valence-corrected chi connectivity index (χ2v) is 7.48. The van der Waals surface area contributed by atoms with Crippen LogP contribution in [0.2, 0.25) is 5.02 Å². The summed E-state index contributed by atoms with van der Waals surface area (Å²) in [6, 6.07) is 17.1. The molecule has 0 bridgehead atoms. The second kappa shape index (κ2) is 7.94. The number of hydrogen-bond acceptors (Lipinski definition) is 1. The summed E-state index contributed by atoms with van der Waals surface area (Å²) in [6.07, 6.45) is 8.96. The van der Waals surface area contributed by atoms with E-state index in [9.17, 15) is 0 Å². The van der Waals surface area contributed by atoms with Crippen molar-refractivity contribution in [1.29, 1.82) is 0 Å². The molecular formula is C23H26ClN2+. The number of anilines is 1. The molecule has 0 fully saturated rings. The molecule has 0 radical (unpaired) electrons. The van der Waals surface area contributed by atoms with E-state index in [1.165, 1.54) is 27.3 Å². The summed E-state index contributed by atoms with van der Waals surface area (Å²) in [5.41, 5.74) is 5.77. The molecule has 3 heteroatoms. The highest BCUT2D eigenvalue weighted by Crippen LogP contribution is 2.34. The molecule has 0 unspecified atom stereocenters. The molecule has 2 nitrogen and oxygen atoms in total. The van der Waals surface area contributed by atoms with Crippen molar-refractivity contribution in [3.63, 3.8) is 0 Å². The molecule has 3 rings (SSSR count). The van der Waals surface area contributed by atoms with Crippen LogP contribution in [-0.2, 0) is 0 Å². The standard InChI is InChI=1S/C23H25ClN2/c1-25(2)19-13-9-17(10-14-19)23(21-7-5-6-8-22(21)24)18-11-15-20(16-12-18)26(3)4/h5-16,19H,1-4H3/p+1. The van der Waals surface area contributed by atoms with Crippen molar-refractivity contribution in [2.75, 3.05) is 33.1 Å². The average Bonchev–Trinajstić information content (AvgIpc) is 2.64. The van der Waals surface area contributed by atoms with Crippen LogP contribution < -0.4 is 9.80 Å². The molecule has 0 aromatic heterocycles. The Morgan fingerprint density at radius 1 is 0.923 bits per heavy atom. The highest BCUT2D eigenvalue weighted by atomic mass is 35.5. The Balaban J connectivity index is 2.13. The minimum Gasteiger partial charge on any atom is -0.378 e. The SMILES string of the molecule is CN(C)c1ccc(C(=C2C=CC([NH+](C)C)C=C2)c2ccccc2Cl)cc1. The van der Waals surface area contributed by atoms with E-state index in [2.05, 4.69) is 87.7 Å². The van der Waals surface area contributed by atoms with E-state index >= 15 is 0 Å². The van der Waals surface area contributed by atoms with Gasteiger partial charge in [-0.05, 0) is 47.1 Å². The summed E-state index contributed by atoms with van der Waals surface area (Å²) in [4.78, 5) is 3.50. The fourth-order valence-electron chi connectivity index (χ4n) is 3.15. The molecule has 0 heterocycles. The summed E-state index contributed by atoms with van der Waals surface area (Å²) in [5, 5.41) is 0.772. The Kier molecular flexibility index (Phi) is 5.65. The Morgan fingerprint density at radius 3 is 2.08 bits per heavy atom. The van der Waals surface area contributed by atoms with Crippen molar-refractivity contribution in [1.82, 2.24) is 0 Å². The van der Waals surface area contributed by atoms with Gasteiger partial charge in [-0.1, -0.05) is 54.1 Å². The van der Waals surface area contributed by atoms with Crippen LogP contribution >= 0.6 is 11.6 Å². The fourth-order valence-corrected chi connectivity index (χ4v) is 3.38. The molecule has 0 saturated carbocycles. The lowest BCUT2D eigenvalue weighted by atomic mass is 9.90. The van der Waals surface area contributed by atoms with Gasteiger partial charge < -0.3 is 9.80 Å². The van der Waals surface area contributed by atoms with Crippen molar-refractivity contribution in [3.05, 3.63) is 94.6 Å². The predicted molar refractivity (Wildman–Crippen MR) is 113 cm³/mol. The number of rotatable bonds is 4. The van der Waals surface area contributed by atoms with Gasteiger partial charge in [-0.25, -0.2) is 0 Å². The monoisotopic (exact) mass is 365 g/mol. The quantitative estimate of drug-likeness (QED) is 0.864. The zero-order chi connectivity index (χ0) is 18.7. The van der Waals surface area contributed by atoms with Crippen LogP contribution in [0.15, 0.2) is 78.4 Å². The van der Waals surface area contributed by atoms with E-state index in [1.54, 1.807) is 0 Å². The molecule has 26 heavy (non-hydrogen) atoms. The van der Waals surface area contributed by atoms with Crippen molar-refractivity contribution in [2.24, 2.45) is 0 Å². The molecular weight excluding hydrogens is 340 g/mol. The molecule has 1 N–H and O–H groups in total. The zero-order valence-corrected chi connectivity index (χ0v) is 16.6. The van der Waals surface area contributed by atoms with E-state index in [1.807, 2.05) is 18.2 Å². The van der Waals surface area contributed by atoms with Crippen LogP contribution in [-0.4, -0.2) is 34.2 Å². The summed E-state index contributed by atoms with van der Waals surface area (Å²) in [5.74, 6) is 0. The lowest BCUT2D eigenvalue weighted by Gasteiger charge is -2.20. The van der Waals surface area contributed by atoms with Gasteiger partial charge in [0.1, 0.15) is 6.04 Å². The van der Waals surface area contributed by atoms with Crippen LogP contribution in [0.5, 0.6) is 0 Å². The summed E-state index contributed by atoms with van der Waals surface area (Å²) >= 11 is 6.55. The van der Waals surface area contributed by atoms with Gasteiger partial charge in [0.05, 0.1) is 14.1 Å². The Labute approximate surface area is 161 Å². The van der Waals surface area contributed by atoms with Gasteiger partial charge in [-0.15, -0.1) is 0 Å². The third kappa shape index (κ3) is 3.92. The molecule has 0 amide bonds. The van der Waals surface area contributed by atoms with Crippen molar-refractivity contribution in [3.8, 4) is 0 Å². The van der Waals surface area contributed by atoms with E-state index in [-0.39, 0.29) is 0 Å². The second-order valence-electron chi connectivity index (χ2n) is 7.07. The van der Waals surface area contributed by atoms with Gasteiger partial charge in [-0.3, -0.25) is 0 Å². The summed E-state index contributed by atoms with van der Waals surface area (Å²) in [7, 11) is 8.45. The molecule has 0 spiro atoms. The van der Waals surface area contributed by atoms with Gasteiger partial charge in [-0.2, -0.15) is 0 Å². The van der Waals surface area contributed by atoms with Crippen LogP contribution in [0.25, 0.3) is 5.57 Å². The number of allylic oxidation sites excluding steroid dienone is 3. The topological polar surface area (TPSA) is 7.68 Å². The van der Waals surface area contributed by atoms with Crippen molar-refractivity contribution >= 4 is 22.9 Å². The minimum atomic E-state index is 0.405. The van der Waals surface area contributed by atoms with Crippen molar-refractivity contribution < 1.29 is 4.90 Å². The molecule has 2 aromatic carbocycles. The van der Waals surface area contributed by atoms with E-state index in [0.29, 0.717) is 6.04 Å². The first-order valence-electron chi connectivity index (χ1n) is 8.91. The number of likely N-dealkylation sites (N-methyl/N-ethyl adjacent to an activating group) is 1. The third-order valence-corrected chi connectivity index (χ3v) is 5.07. The number of nitrogens with one attached hydrogen (secondary N) is 1. The van der Waals surface area contributed by atoms with Crippen LogP contribution in [0.4, 0.5) is 5.69 Å². The number of nitrogens with zero attached hydrogens (tertiary/aromatic N) is 1. The zero-order valence-electron chi connectivity index (χ0n) is 15.8. The molecule has 0 atom stereocenters. The van der Waals surface area contributed by atoms with E-state index in [4.69, 9.17) is 11.6 Å². The number of quaternary nitrogens is 1. The molecule has 1 aliphatic rings. The lowest BCUT2D eigenvalue weighted by molar-refractivity contribution is -0.871. The minimum absolute atomic E-state index is 0.405. The van der Waals surface area contributed by atoms with Crippen LogP contribution in [0.1, 0.15) is 11.1 Å². The maximum absolute atomic E-state index is 6.55. The number of halogens is 1. The highest BCUT2D eigenvalue weighted by molar-refractivity contribution is 6.32. The summed E-state index contributed by atoms with van der Waals surface area (Å²) in [6.45, 7) is 0. The first-order valence-corrected chi connectivity index (χ1v) is 9.28. The Hall–Kier alpha value is -2.29. The first kappa shape index (κ1) is 18.5. The van der Waals surface area contributed by atoms with Crippen LogP contribution in [0, 0.1) is 0 Å². The van der Waals surface area contributed by atoms with Crippen molar-refractivity contribution in [2.45, 2.75) is 6.04 Å². The smallest absolute Gasteiger partial charge is 0.125 e.